The number of nitrogens with one attached hydrogen (secondary N) is 1. The Labute approximate surface area is 111 Å². The van der Waals surface area contributed by atoms with Crippen molar-refractivity contribution in [1.29, 1.82) is 5.26 Å². The molecule has 2 N–H and O–H groups in total. The van der Waals surface area contributed by atoms with Gasteiger partial charge in [0.15, 0.2) is 0 Å². The number of aliphatic carboxylic acids is 1. The summed E-state index contributed by atoms with van der Waals surface area (Å²) in [6, 6.07) is 5.99. The first-order valence-corrected chi connectivity index (χ1v) is 6.86. The van der Waals surface area contributed by atoms with E-state index in [-0.39, 0.29) is 4.90 Å². The molecule has 1 aromatic carbocycles. The molecule has 0 bridgehead atoms. The van der Waals surface area contributed by atoms with Gasteiger partial charge in [0, 0.05) is 0 Å². The minimum absolute atomic E-state index is 0.0409. The molecular formula is C12H14N2O4S. The van der Waals surface area contributed by atoms with Gasteiger partial charge in [-0.25, -0.2) is 8.42 Å². The van der Waals surface area contributed by atoms with Crippen LogP contribution in [0.5, 0.6) is 0 Å². The van der Waals surface area contributed by atoms with Crippen LogP contribution in [0.4, 0.5) is 0 Å². The van der Waals surface area contributed by atoms with Gasteiger partial charge in [0.2, 0.25) is 10.0 Å². The second-order valence-electron chi connectivity index (χ2n) is 4.63. The van der Waals surface area contributed by atoms with Crippen LogP contribution in [0.1, 0.15) is 25.0 Å². The number of hydrogen-bond acceptors (Lipinski definition) is 4. The highest BCUT2D eigenvalue weighted by molar-refractivity contribution is 7.89. The summed E-state index contributed by atoms with van der Waals surface area (Å²) in [5.41, 5.74) is -0.888. The van der Waals surface area contributed by atoms with Crippen LogP contribution < -0.4 is 4.72 Å². The highest BCUT2D eigenvalue weighted by Crippen LogP contribution is 2.18. The van der Waals surface area contributed by atoms with E-state index in [0.717, 1.165) is 0 Å². The summed E-state index contributed by atoms with van der Waals surface area (Å²) in [7, 11) is -3.96. The number of carbonyl (C=O) groups is 1. The zero-order valence-corrected chi connectivity index (χ0v) is 11.6. The predicted octanol–water partition coefficient (Wildman–Crippen LogP) is 1.01. The molecule has 0 saturated carbocycles. The molecule has 0 atom stereocenters. The van der Waals surface area contributed by atoms with Crippen molar-refractivity contribution in [3.05, 3.63) is 29.3 Å². The van der Waals surface area contributed by atoms with E-state index in [9.17, 15) is 13.2 Å². The number of rotatable bonds is 4. The maximum Gasteiger partial charge on any atom is 0.324 e. The van der Waals surface area contributed by atoms with Crippen LogP contribution in [0.3, 0.4) is 0 Å². The summed E-state index contributed by atoms with van der Waals surface area (Å²) in [5, 5.41) is 17.7. The maximum atomic E-state index is 12.1. The molecule has 7 heteroatoms. The van der Waals surface area contributed by atoms with E-state index in [1.165, 1.54) is 32.0 Å². The Morgan fingerprint density at radius 2 is 2.00 bits per heavy atom. The van der Waals surface area contributed by atoms with Gasteiger partial charge in [-0.15, -0.1) is 0 Å². The number of nitrogens with zero attached hydrogens (tertiary/aromatic N) is 1. The highest BCUT2D eigenvalue weighted by Gasteiger charge is 2.33. The Morgan fingerprint density at radius 3 is 2.42 bits per heavy atom. The third-order valence-electron chi connectivity index (χ3n) is 2.52. The molecule has 1 aromatic rings. The number of carboxylic acids is 1. The third kappa shape index (κ3) is 3.30. The molecule has 0 aliphatic heterocycles. The zero-order valence-electron chi connectivity index (χ0n) is 10.8. The van der Waals surface area contributed by atoms with Crippen LogP contribution in [-0.4, -0.2) is 25.0 Å². The molecule has 0 heterocycles. The molecule has 102 valence electrons. The van der Waals surface area contributed by atoms with Crippen molar-refractivity contribution in [3.63, 3.8) is 0 Å². The van der Waals surface area contributed by atoms with Crippen molar-refractivity contribution in [2.24, 2.45) is 0 Å². The fraction of sp³-hybridized carbons (Fsp3) is 0.333. The van der Waals surface area contributed by atoms with Crippen LogP contribution in [-0.2, 0) is 14.8 Å². The fourth-order valence-electron chi connectivity index (χ4n) is 1.46. The summed E-state index contributed by atoms with van der Waals surface area (Å²) in [6.45, 7) is 4.06. The number of benzene rings is 1. The summed E-state index contributed by atoms with van der Waals surface area (Å²) < 4.78 is 26.3. The molecule has 0 unspecified atom stereocenters. The average molecular weight is 282 g/mol. The lowest BCUT2D eigenvalue weighted by Gasteiger charge is -2.21. The number of hydrogen-bond donors (Lipinski definition) is 2. The zero-order chi connectivity index (χ0) is 14.8. The largest absolute Gasteiger partial charge is 0.480 e. The predicted molar refractivity (Wildman–Crippen MR) is 67.9 cm³/mol. The molecule has 6 nitrogen and oxygen atoms in total. The molecule has 0 aliphatic carbocycles. The molecule has 0 spiro atoms. The van der Waals surface area contributed by atoms with Gasteiger partial charge in [0.25, 0.3) is 0 Å². The molecule has 0 radical (unpaired) electrons. The van der Waals surface area contributed by atoms with Crippen molar-refractivity contribution in [2.45, 2.75) is 31.2 Å². The molecule has 0 fully saturated rings. The maximum absolute atomic E-state index is 12.1. The topological polar surface area (TPSA) is 107 Å². The van der Waals surface area contributed by atoms with Gasteiger partial charge in [-0.1, -0.05) is 0 Å². The van der Waals surface area contributed by atoms with Gasteiger partial charge >= 0.3 is 5.97 Å². The normalized spacial score (nSPS) is 11.9. The molecule has 1 rings (SSSR count). The van der Waals surface area contributed by atoms with E-state index in [2.05, 4.69) is 4.72 Å². The lowest BCUT2D eigenvalue weighted by Crippen LogP contribution is -2.49. The van der Waals surface area contributed by atoms with Crippen LogP contribution in [0.15, 0.2) is 23.1 Å². The first-order chi connectivity index (χ1) is 8.60. The smallest absolute Gasteiger partial charge is 0.324 e. The lowest BCUT2D eigenvalue weighted by atomic mass is 10.1. The Balaban J connectivity index is 3.23. The molecule has 0 aromatic heterocycles. The van der Waals surface area contributed by atoms with Crippen LogP contribution >= 0.6 is 0 Å². The van der Waals surface area contributed by atoms with Gasteiger partial charge in [0.05, 0.1) is 16.5 Å². The first-order valence-electron chi connectivity index (χ1n) is 5.38. The monoisotopic (exact) mass is 282 g/mol. The molecule has 0 saturated heterocycles. The Hall–Kier alpha value is -1.91. The minimum atomic E-state index is -3.96. The lowest BCUT2D eigenvalue weighted by molar-refractivity contribution is -0.142. The van der Waals surface area contributed by atoms with Crippen molar-refractivity contribution in [3.8, 4) is 6.07 Å². The van der Waals surface area contributed by atoms with E-state index in [4.69, 9.17) is 10.4 Å². The van der Waals surface area contributed by atoms with Crippen LogP contribution in [0.2, 0.25) is 0 Å². The molecule has 0 amide bonds. The van der Waals surface area contributed by atoms with E-state index >= 15 is 0 Å². The molecular weight excluding hydrogens is 268 g/mol. The minimum Gasteiger partial charge on any atom is -0.480 e. The second kappa shape index (κ2) is 4.99. The van der Waals surface area contributed by atoms with Gasteiger partial charge in [-0.3, -0.25) is 4.79 Å². The van der Waals surface area contributed by atoms with E-state index < -0.39 is 21.5 Å². The number of nitriles is 1. The second-order valence-corrected chi connectivity index (χ2v) is 6.28. The molecule has 0 aliphatic rings. The fourth-order valence-corrected chi connectivity index (χ4v) is 3.05. The van der Waals surface area contributed by atoms with Crippen LogP contribution in [0.25, 0.3) is 0 Å². The Morgan fingerprint density at radius 1 is 1.42 bits per heavy atom. The summed E-state index contributed by atoms with van der Waals surface area (Å²) in [6.07, 6.45) is 0. The number of aryl methyl sites for hydroxylation is 1. The van der Waals surface area contributed by atoms with Crippen molar-refractivity contribution < 1.29 is 18.3 Å². The third-order valence-corrected chi connectivity index (χ3v) is 4.33. The standard InChI is InChI=1S/C12H14N2O4S/c1-8-6-9(7-13)4-5-10(8)19(17,18)14-12(2,3)11(15)16/h4-6,14H,1-3H3,(H,15,16). The Bertz CT molecular complexity index is 657. The molecule has 19 heavy (non-hydrogen) atoms. The SMILES string of the molecule is Cc1cc(C#N)ccc1S(=O)(=O)NC(C)(C)C(=O)O. The van der Waals surface area contributed by atoms with Gasteiger partial charge in [-0.05, 0) is 44.5 Å². The summed E-state index contributed by atoms with van der Waals surface area (Å²) in [5.74, 6) is -1.28. The van der Waals surface area contributed by atoms with Crippen LogP contribution in [0, 0.1) is 18.3 Å². The summed E-state index contributed by atoms with van der Waals surface area (Å²) in [4.78, 5) is 10.9. The van der Waals surface area contributed by atoms with E-state index in [1.807, 2.05) is 6.07 Å². The average Bonchev–Trinajstić information content (AvgIpc) is 2.26. The number of carboxylic acid groups (broad SMARTS) is 1. The van der Waals surface area contributed by atoms with Crippen molar-refractivity contribution in [2.75, 3.05) is 0 Å². The first kappa shape index (κ1) is 15.1. The van der Waals surface area contributed by atoms with Gasteiger partial charge in [-0.2, -0.15) is 9.98 Å². The van der Waals surface area contributed by atoms with Gasteiger partial charge < -0.3 is 5.11 Å². The van der Waals surface area contributed by atoms with E-state index in [0.29, 0.717) is 11.1 Å². The van der Waals surface area contributed by atoms with Crippen molar-refractivity contribution in [1.82, 2.24) is 4.72 Å². The number of sulfonamides is 1. The summed E-state index contributed by atoms with van der Waals surface area (Å²) >= 11 is 0. The quantitative estimate of drug-likeness (QED) is 0.856. The van der Waals surface area contributed by atoms with Crippen molar-refractivity contribution >= 4 is 16.0 Å². The van der Waals surface area contributed by atoms with Gasteiger partial charge in [0.1, 0.15) is 5.54 Å². The van der Waals surface area contributed by atoms with E-state index in [1.54, 1.807) is 6.92 Å². The Kier molecular flexibility index (Phi) is 3.98. The highest BCUT2D eigenvalue weighted by atomic mass is 32.2.